The molecule has 0 bridgehead atoms. The van der Waals surface area contributed by atoms with E-state index in [9.17, 15) is 29.1 Å². The zero-order valence-corrected chi connectivity index (χ0v) is 19.5. The molecule has 0 fully saturated rings. The summed E-state index contributed by atoms with van der Waals surface area (Å²) in [6.07, 6.45) is 0.180. The highest BCUT2D eigenvalue weighted by molar-refractivity contribution is 6.46. The highest BCUT2D eigenvalue weighted by atomic mass is 16.4. The lowest BCUT2D eigenvalue weighted by Gasteiger charge is -2.40. The first-order valence-corrected chi connectivity index (χ1v) is 10.6. The number of ketones is 2. The van der Waals surface area contributed by atoms with E-state index >= 15 is 0 Å². The van der Waals surface area contributed by atoms with E-state index in [0.717, 1.165) is 0 Å². The van der Waals surface area contributed by atoms with E-state index in [2.05, 4.69) is 10.6 Å². The number of hydrogen-bond acceptors (Lipinski definition) is 7. The van der Waals surface area contributed by atoms with E-state index in [0.29, 0.717) is 6.42 Å². The van der Waals surface area contributed by atoms with Gasteiger partial charge in [0.15, 0.2) is 0 Å². The first-order chi connectivity index (χ1) is 14.1. The SMILES string of the molecule is CCCC(=O)C(=O)[C@](NC(=O)C(N)C(C)C)(C(=O)N[C@H](C(=O)O)C(C)C)C(N)C(C)C. The normalized spacial score (nSPS) is 16.4. The summed E-state index contributed by atoms with van der Waals surface area (Å²) >= 11 is 0. The highest BCUT2D eigenvalue weighted by Gasteiger charge is 2.56. The van der Waals surface area contributed by atoms with Crippen LogP contribution in [0.15, 0.2) is 0 Å². The molecule has 0 rings (SSSR count). The summed E-state index contributed by atoms with van der Waals surface area (Å²) in [7, 11) is 0. The fourth-order valence-electron chi connectivity index (χ4n) is 3.01. The Morgan fingerprint density at radius 1 is 0.903 bits per heavy atom. The summed E-state index contributed by atoms with van der Waals surface area (Å²) in [4.78, 5) is 63.7. The van der Waals surface area contributed by atoms with Gasteiger partial charge in [-0.15, -0.1) is 0 Å². The second-order valence-electron chi connectivity index (χ2n) is 8.87. The van der Waals surface area contributed by atoms with Crippen molar-refractivity contribution in [2.24, 2.45) is 29.2 Å². The van der Waals surface area contributed by atoms with Crippen LogP contribution in [0, 0.1) is 17.8 Å². The molecule has 0 saturated heterocycles. The van der Waals surface area contributed by atoms with Crippen LogP contribution in [0.4, 0.5) is 0 Å². The molecule has 0 radical (unpaired) electrons. The van der Waals surface area contributed by atoms with Gasteiger partial charge in [-0.05, 0) is 24.2 Å². The molecule has 0 aliphatic heterocycles. The van der Waals surface area contributed by atoms with Gasteiger partial charge < -0.3 is 27.2 Å². The molecule has 2 amide bonds. The van der Waals surface area contributed by atoms with Gasteiger partial charge in [0, 0.05) is 12.5 Å². The Bertz CT molecular complexity index is 691. The van der Waals surface area contributed by atoms with Crippen LogP contribution in [-0.4, -0.2) is 58.1 Å². The Morgan fingerprint density at radius 3 is 1.77 bits per heavy atom. The molecule has 0 aromatic heterocycles. The van der Waals surface area contributed by atoms with Crippen LogP contribution in [0.25, 0.3) is 0 Å². The summed E-state index contributed by atoms with van der Waals surface area (Å²) in [6.45, 7) is 11.4. The molecule has 0 aromatic rings. The molecular weight excluding hydrogens is 404 g/mol. The minimum Gasteiger partial charge on any atom is -0.480 e. The maximum absolute atomic E-state index is 13.4. The van der Waals surface area contributed by atoms with Gasteiger partial charge >= 0.3 is 5.97 Å². The number of carbonyl (C=O) groups is 5. The number of carboxylic acid groups (broad SMARTS) is 1. The minimum absolute atomic E-state index is 0.155. The molecule has 0 saturated carbocycles. The predicted molar refractivity (Wildman–Crippen MR) is 116 cm³/mol. The van der Waals surface area contributed by atoms with Gasteiger partial charge in [0.2, 0.25) is 23.0 Å². The number of nitrogens with one attached hydrogen (secondary N) is 2. The van der Waals surface area contributed by atoms with Crippen molar-refractivity contribution in [1.82, 2.24) is 10.6 Å². The zero-order chi connectivity index (χ0) is 24.7. The van der Waals surface area contributed by atoms with E-state index in [1.165, 1.54) is 0 Å². The number of aliphatic carboxylic acids is 1. The summed E-state index contributed by atoms with van der Waals surface area (Å²) in [5, 5.41) is 14.1. The van der Waals surface area contributed by atoms with Crippen molar-refractivity contribution in [3.8, 4) is 0 Å². The quantitative estimate of drug-likeness (QED) is 0.195. The first-order valence-electron chi connectivity index (χ1n) is 10.6. The van der Waals surface area contributed by atoms with Crippen LogP contribution in [0.2, 0.25) is 0 Å². The van der Waals surface area contributed by atoms with Crippen molar-refractivity contribution >= 4 is 29.4 Å². The average Bonchev–Trinajstić information content (AvgIpc) is 2.67. The number of rotatable bonds is 13. The Balaban J connectivity index is 6.68. The standard InChI is InChI=1S/C21H38N4O6/c1-8-9-13(26)17(27)21(16(23)12(6)7,25-18(28)14(22)10(2)3)20(31)24-15(11(4)5)19(29)30/h10-12,14-16H,8-9,22-23H2,1-7H3,(H,24,31)(H,25,28)(H,29,30)/t14?,15-,16?,21-/m0/s1. The van der Waals surface area contributed by atoms with Crippen LogP contribution < -0.4 is 22.1 Å². The molecule has 0 aromatic carbocycles. The first kappa shape index (κ1) is 28.7. The van der Waals surface area contributed by atoms with Crippen molar-refractivity contribution in [2.75, 3.05) is 0 Å². The van der Waals surface area contributed by atoms with E-state index in [-0.39, 0.29) is 12.3 Å². The highest BCUT2D eigenvalue weighted by Crippen LogP contribution is 2.22. The second kappa shape index (κ2) is 11.9. The molecule has 0 aliphatic carbocycles. The predicted octanol–water partition coefficient (Wildman–Crippen LogP) is -0.0283. The van der Waals surface area contributed by atoms with Crippen molar-refractivity contribution in [3.05, 3.63) is 0 Å². The summed E-state index contributed by atoms with van der Waals surface area (Å²) in [6, 6.07) is -3.76. The third kappa shape index (κ3) is 6.83. The third-order valence-electron chi connectivity index (χ3n) is 5.23. The maximum Gasteiger partial charge on any atom is 0.326 e. The van der Waals surface area contributed by atoms with E-state index in [1.54, 1.807) is 48.5 Å². The Morgan fingerprint density at radius 2 is 1.42 bits per heavy atom. The number of amides is 2. The second-order valence-corrected chi connectivity index (χ2v) is 8.87. The molecule has 7 N–H and O–H groups in total. The Kier molecular flexibility index (Phi) is 11.0. The van der Waals surface area contributed by atoms with E-state index < -0.39 is 64.9 Å². The maximum atomic E-state index is 13.4. The molecule has 178 valence electrons. The number of carbonyl (C=O) groups excluding carboxylic acids is 4. The van der Waals surface area contributed by atoms with Crippen molar-refractivity contribution in [3.63, 3.8) is 0 Å². The fraction of sp³-hybridized carbons (Fsp3) is 0.762. The van der Waals surface area contributed by atoms with Gasteiger partial charge in [0.05, 0.1) is 6.04 Å². The summed E-state index contributed by atoms with van der Waals surface area (Å²) in [5.41, 5.74) is 9.66. The smallest absolute Gasteiger partial charge is 0.326 e. The lowest BCUT2D eigenvalue weighted by atomic mass is 9.76. The van der Waals surface area contributed by atoms with Crippen LogP contribution in [0.1, 0.15) is 61.3 Å². The van der Waals surface area contributed by atoms with Gasteiger partial charge in [-0.25, -0.2) is 4.79 Å². The lowest BCUT2D eigenvalue weighted by Crippen LogP contribution is -2.76. The molecule has 0 heterocycles. The van der Waals surface area contributed by atoms with Crippen LogP contribution in [0.3, 0.4) is 0 Å². The van der Waals surface area contributed by atoms with Gasteiger partial charge in [-0.1, -0.05) is 48.5 Å². The topological polar surface area (TPSA) is 182 Å². The molecule has 2 unspecified atom stereocenters. The summed E-state index contributed by atoms with van der Waals surface area (Å²) < 4.78 is 0. The number of carboxylic acids is 1. The molecule has 0 aliphatic rings. The molecule has 31 heavy (non-hydrogen) atoms. The Hall–Kier alpha value is -2.33. The average molecular weight is 443 g/mol. The summed E-state index contributed by atoms with van der Waals surface area (Å²) in [5.74, 6) is -6.78. The van der Waals surface area contributed by atoms with Crippen molar-refractivity contribution in [2.45, 2.75) is 85.0 Å². The van der Waals surface area contributed by atoms with Crippen LogP contribution in [0.5, 0.6) is 0 Å². The van der Waals surface area contributed by atoms with Gasteiger partial charge in [0.25, 0.3) is 5.91 Å². The number of nitrogens with two attached hydrogens (primary N) is 2. The molecule has 0 spiro atoms. The zero-order valence-electron chi connectivity index (χ0n) is 19.5. The van der Waals surface area contributed by atoms with E-state index in [4.69, 9.17) is 11.5 Å². The minimum atomic E-state index is -2.49. The largest absolute Gasteiger partial charge is 0.480 e. The van der Waals surface area contributed by atoms with Gasteiger partial charge in [0.1, 0.15) is 6.04 Å². The van der Waals surface area contributed by atoms with Gasteiger partial charge in [-0.2, -0.15) is 0 Å². The monoisotopic (exact) mass is 442 g/mol. The molecule has 4 atom stereocenters. The lowest BCUT2D eigenvalue weighted by molar-refractivity contribution is -0.152. The van der Waals surface area contributed by atoms with Crippen molar-refractivity contribution < 1.29 is 29.1 Å². The molecular formula is C21H38N4O6. The fourth-order valence-corrected chi connectivity index (χ4v) is 3.01. The number of Topliss-reactive ketones (excluding diaryl/α,β-unsaturated/α-hetero) is 2. The Labute approximate surface area is 183 Å². The van der Waals surface area contributed by atoms with Gasteiger partial charge in [-0.3, -0.25) is 19.2 Å². The van der Waals surface area contributed by atoms with Crippen LogP contribution in [-0.2, 0) is 24.0 Å². The third-order valence-corrected chi connectivity index (χ3v) is 5.23. The molecule has 10 nitrogen and oxygen atoms in total. The van der Waals surface area contributed by atoms with Crippen molar-refractivity contribution in [1.29, 1.82) is 0 Å². The molecule has 10 heteroatoms. The van der Waals surface area contributed by atoms with E-state index in [1.807, 2.05) is 0 Å². The number of hydrogen-bond donors (Lipinski definition) is 5. The van der Waals surface area contributed by atoms with Crippen LogP contribution >= 0.6 is 0 Å².